The van der Waals surface area contributed by atoms with E-state index in [0.717, 1.165) is 22.4 Å². The third-order valence-corrected chi connectivity index (χ3v) is 8.17. The normalized spacial score (nSPS) is 20.7. The summed E-state index contributed by atoms with van der Waals surface area (Å²) >= 11 is 13.3. The number of carbonyl (C=O) groups excluding carboxylic acids is 1. The van der Waals surface area contributed by atoms with Crippen LogP contribution in [0, 0.1) is 12.8 Å². The number of hydrogen-bond donors (Lipinski definition) is 1. The average Bonchev–Trinajstić information content (AvgIpc) is 3.45. The fourth-order valence-electron chi connectivity index (χ4n) is 4.10. The Morgan fingerprint density at radius 3 is 2.56 bits per heavy atom. The molecular formula is C23H24Cl2F3N3O2S. The van der Waals surface area contributed by atoms with Gasteiger partial charge < -0.3 is 15.1 Å². The van der Waals surface area contributed by atoms with Crippen LogP contribution in [0.1, 0.15) is 57.9 Å². The summed E-state index contributed by atoms with van der Waals surface area (Å²) in [4.78, 5) is 21.1. The molecule has 2 atom stereocenters. The lowest BCUT2D eigenvalue weighted by molar-refractivity contribution is -0.275. The minimum Gasteiger partial charge on any atom is -0.372 e. The number of amidine groups is 1. The summed E-state index contributed by atoms with van der Waals surface area (Å²) in [7, 11) is 0. The summed E-state index contributed by atoms with van der Waals surface area (Å²) in [5, 5.41) is 6.98. The Morgan fingerprint density at radius 2 is 1.97 bits per heavy atom. The van der Waals surface area contributed by atoms with E-state index >= 15 is 0 Å². The van der Waals surface area contributed by atoms with E-state index in [4.69, 9.17) is 28.0 Å². The summed E-state index contributed by atoms with van der Waals surface area (Å²) in [6.45, 7) is 7.35. The Labute approximate surface area is 209 Å². The second kappa shape index (κ2) is 9.24. The van der Waals surface area contributed by atoms with Gasteiger partial charge in [0.15, 0.2) is 0 Å². The lowest BCUT2D eigenvalue weighted by Crippen LogP contribution is -2.43. The van der Waals surface area contributed by atoms with Crippen molar-refractivity contribution in [1.29, 1.82) is 0 Å². The molecule has 1 aromatic heterocycles. The highest BCUT2D eigenvalue weighted by Crippen LogP contribution is 2.50. The number of alkyl halides is 3. The summed E-state index contributed by atoms with van der Waals surface area (Å²) in [6.07, 6.45) is -4.27. The van der Waals surface area contributed by atoms with Crippen molar-refractivity contribution in [3.63, 3.8) is 0 Å². The first-order valence-corrected chi connectivity index (χ1v) is 12.4. The minimum absolute atomic E-state index is 0.0845. The van der Waals surface area contributed by atoms with Gasteiger partial charge in [-0.2, -0.15) is 13.2 Å². The van der Waals surface area contributed by atoms with Crippen LogP contribution in [0.5, 0.6) is 0 Å². The van der Waals surface area contributed by atoms with E-state index in [0.29, 0.717) is 30.4 Å². The van der Waals surface area contributed by atoms with Crippen LogP contribution in [0.15, 0.2) is 23.4 Å². The first kappa shape index (κ1) is 25.1. The second-order valence-corrected chi connectivity index (χ2v) is 10.8. The van der Waals surface area contributed by atoms with Crippen LogP contribution in [0.3, 0.4) is 0 Å². The molecule has 1 N–H and O–H groups in total. The number of halogens is 5. The van der Waals surface area contributed by atoms with Crippen LogP contribution >= 0.6 is 34.5 Å². The van der Waals surface area contributed by atoms with E-state index < -0.39 is 18.2 Å². The maximum absolute atomic E-state index is 14.2. The molecular weight excluding hydrogens is 510 g/mol. The largest absolute Gasteiger partial charge is 0.435 e. The zero-order valence-corrected chi connectivity index (χ0v) is 21.2. The molecule has 2 unspecified atom stereocenters. The van der Waals surface area contributed by atoms with Gasteiger partial charge in [0.05, 0.1) is 17.8 Å². The Balaban J connectivity index is 1.52. The molecule has 1 amide bonds. The highest BCUT2D eigenvalue weighted by atomic mass is 35.5. The molecule has 4 rings (SSSR count). The van der Waals surface area contributed by atoms with Crippen molar-refractivity contribution in [3.8, 4) is 0 Å². The van der Waals surface area contributed by atoms with Crippen LogP contribution in [0.25, 0.3) is 0 Å². The third kappa shape index (κ3) is 4.50. The number of fused-ring (bicyclic) bond motifs is 1. The molecule has 0 fully saturated rings. The molecule has 0 bridgehead atoms. The van der Waals surface area contributed by atoms with Crippen LogP contribution in [-0.2, 0) is 23.5 Å². The Bertz CT molecular complexity index is 1130. The summed E-state index contributed by atoms with van der Waals surface area (Å²) in [5.41, 5.74) is -1.05. The van der Waals surface area contributed by atoms with Crippen molar-refractivity contribution >= 4 is 46.3 Å². The molecule has 3 heterocycles. The van der Waals surface area contributed by atoms with Gasteiger partial charge in [0.2, 0.25) is 0 Å². The van der Waals surface area contributed by atoms with Crippen LogP contribution < -0.4 is 5.32 Å². The van der Waals surface area contributed by atoms with Gasteiger partial charge in [0.1, 0.15) is 5.84 Å². The van der Waals surface area contributed by atoms with Gasteiger partial charge in [-0.25, -0.2) is 0 Å². The Morgan fingerprint density at radius 1 is 1.29 bits per heavy atom. The molecule has 2 aliphatic rings. The topological polar surface area (TPSA) is 53.9 Å². The number of oxime groups is 1. The highest BCUT2D eigenvalue weighted by molar-refractivity contribution is 7.14. The number of nitrogens with one attached hydrogen (secondary N) is 1. The zero-order valence-electron chi connectivity index (χ0n) is 18.9. The summed E-state index contributed by atoms with van der Waals surface area (Å²) < 4.78 is 42.7. The number of nitrogens with zero attached hydrogens (tertiary/aromatic N) is 2. The van der Waals surface area contributed by atoms with E-state index in [2.05, 4.69) is 24.3 Å². The summed E-state index contributed by atoms with van der Waals surface area (Å²) in [6, 6.07) is 3.77. The van der Waals surface area contributed by atoms with Crippen molar-refractivity contribution in [1.82, 2.24) is 10.2 Å². The maximum Gasteiger partial charge on any atom is 0.435 e. The lowest BCUT2D eigenvalue weighted by Gasteiger charge is -2.30. The predicted molar refractivity (Wildman–Crippen MR) is 127 cm³/mol. The first-order valence-electron chi connectivity index (χ1n) is 10.9. The van der Waals surface area contributed by atoms with E-state index in [1.54, 1.807) is 4.90 Å². The number of amides is 1. The van der Waals surface area contributed by atoms with Crippen molar-refractivity contribution in [3.05, 3.63) is 54.7 Å². The monoisotopic (exact) mass is 533 g/mol. The molecule has 0 radical (unpaired) electrons. The van der Waals surface area contributed by atoms with Crippen LogP contribution in [-0.4, -0.2) is 29.4 Å². The minimum atomic E-state index is -4.74. The smallest absolute Gasteiger partial charge is 0.372 e. The van der Waals surface area contributed by atoms with Gasteiger partial charge in [-0.05, 0) is 42.2 Å². The Kier molecular flexibility index (Phi) is 6.83. The lowest BCUT2D eigenvalue weighted by atomic mass is 9.89. The Hall–Kier alpha value is -1.97. The van der Waals surface area contributed by atoms with Gasteiger partial charge in [-0.3, -0.25) is 4.79 Å². The average molecular weight is 534 g/mol. The molecule has 5 nitrogen and oxygen atoms in total. The fourth-order valence-corrected chi connectivity index (χ4v) is 5.87. The highest BCUT2D eigenvalue weighted by Gasteiger charge is 2.63. The number of carbonyl (C=O) groups is 1. The number of thiophene rings is 1. The maximum atomic E-state index is 14.2. The van der Waals surface area contributed by atoms with Crippen molar-refractivity contribution in [2.75, 3.05) is 6.54 Å². The molecule has 2 aromatic rings. The molecule has 11 heteroatoms. The van der Waals surface area contributed by atoms with Crippen molar-refractivity contribution in [2.45, 2.75) is 58.5 Å². The van der Waals surface area contributed by atoms with Gasteiger partial charge in [0.25, 0.3) is 11.5 Å². The quantitative estimate of drug-likeness (QED) is 0.468. The van der Waals surface area contributed by atoms with Crippen LogP contribution in [0.2, 0.25) is 10.0 Å². The number of benzene rings is 1. The molecule has 34 heavy (non-hydrogen) atoms. The van der Waals surface area contributed by atoms with Gasteiger partial charge >= 0.3 is 6.18 Å². The molecule has 0 saturated carbocycles. The van der Waals surface area contributed by atoms with E-state index in [-0.39, 0.29) is 27.4 Å². The standard InChI is InChI=1S/C23H24Cl2F3N3O2S/c1-4-12(2)9-29-21(32)20-13(3)17-10-31(11-18(17)34-20)19-8-22(33-30-19,23(26,27)28)14-5-15(24)7-16(25)6-14/h5-7,12H,4,8-11H2,1-3H3,(H,29,32). The third-order valence-electron chi connectivity index (χ3n) is 6.42. The first-order chi connectivity index (χ1) is 15.9. The van der Waals surface area contributed by atoms with Gasteiger partial charge in [0, 0.05) is 33.6 Å². The SMILES string of the molecule is CCC(C)CNC(=O)c1sc2c(c1C)CN(C1=NOC(c3cc(Cl)cc(Cl)c3)(C(F)(F)F)C1)C2. The molecule has 1 aromatic carbocycles. The van der Waals surface area contributed by atoms with E-state index in [1.807, 2.05) is 6.92 Å². The van der Waals surface area contributed by atoms with E-state index in [9.17, 15) is 18.0 Å². The summed E-state index contributed by atoms with van der Waals surface area (Å²) in [5.74, 6) is 0.466. The molecule has 2 aliphatic heterocycles. The van der Waals surface area contributed by atoms with Crippen molar-refractivity contribution in [2.24, 2.45) is 11.1 Å². The zero-order chi connectivity index (χ0) is 24.8. The number of rotatable bonds is 5. The molecule has 0 spiro atoms. The van der Waals surface area contributed by atoms with Crippen LogP contribution in [0.4, 0.5) is 13.2 Å². The van der Waals surface area contributed by atoms with Gasteiger partial charge in [-0.1, -0.05) is 48.6 Å². The van der Waals surface area contributed by atoms with E-state index in [1.165, 1.54) is 29.5 Å². The number of hydrogen-bond acceptors (Lipinski definition) is 5. The fraction of sp³-hybridized carbons (Fsp3) is 0.478. The molecule has 184 valence electrons. The molecule has 0 saturated heterocycles. The second-order valence-electron chi connectivity index (χ2n) is 8.80. The van der Waals surface area contributed by atoms with Crippen molar-refractivity contribution < 1.29 is 22.8 Å². The van der Waals surface area contributed by atoms with Gasteiger partial charge in [-0.15, -0.1) is 11.3 Å². The predicted octanol–water partition coefficient (Wildman–Crippen LogP) is 6.65. The molecule has 0 aliphatic carbocycles.